The summed E-state index contributed by atoms with van der Waals surface area (Å²) in [5.74, 6) is 1.76. The van der Waals surface area contributed by atoms with Gasteiger partial charge in [-0.15, -0.1) is 0 Å². The highest BCUT2D eigenvalue weighted by Crippen LogP contribution is 2.13. The maximum absolute atomic E-state index is 11.5. The number of aldehydes is 2. The lowest BCUT2D eigenvalue weighted by molar-refractivity contribution is -0.143. The molecule has 292 valence electrons. The largest absolute Gasteiger partial charge is 0.466 e. The third-order valence-electron chi connectivity index (χ3n) is 7.44. The monoisotopic (exact) mass is 706 g/mol. The zero-order valence-corrected chi connectivity index (χ0v) is 34.7. The molecule has 0 saturated heterocycles. The Bertz CT molecular complexity index is 583. The van der Waals surface area contributed by atoms with Gasteiger partial charge >= 0.3 is 5.97 Å². The molecule has 0 bridgehead atoms. The first-order valence-corrected chi connectivity index (χ1v) is 21.2. The highest BCUT2D eigenvalue weighted by atomic mass is 32.2. The van der Waals surface area contributed by atoms with Gasteiger partial charge in [-0.1, -0.05) is 145 Å². The van der Waals surface area contributed by atoms with Crippen molar-refractivity contribution in [3.8, 4) is 0 Å². The molecule has 0 aliphatic rings. The molecule has 0 aromatic rings. The lowest BCUT2D eigenvalue weighted by Crippen LogP contribution is -2.21. The minimum absolute atomic E-state index is 0.113. The highest BCUT2D eigenvalue weighted by Gasteiger charge is 2.05. The highest BCUT2D eigenvalue weighted by molar-refractivity contribution is 7.99. The molecule has 0 aromatic heterocycles. The van der Waals surface area contributed by atoms with E-state index in [0.717, 1.165) is 69.3 Å². The quantitative estimate of drug-likeness (QED) is 0.0431. The molecule has 0 radical (unpaired) electrons. The molecule has 0 aliphatic heterocycles. The van der Waals surface area contributed by atoms with Crippen LogP contribution >= 0.6 is 11.8 Å². The van der Waals surface area contributed by atoms with Gasteiger partial charge in [-0.3, -0.25) is 4.79 Å². The van der Waals surface area contributed by atoms with Gasteiger partial charge in [0, 0.05) is 11.7 Å². The van der Waals surface area contributed by atoms with Gasteiger partial charge in [0.25, 0.3) is 0 Å². The van der Waals surface area contributed by atoms with Gasteiger partial charge in [-0.2, -0.15) is 11.8 Å². The van der Waals surface area contributed by atoms with Crippen LogP contribution in [0.5, 0.6) is 0 Å². The average molecular weight is 706 g/mol. The maximum atomic E-state index is 11.5. The average Bonchev–Trinajstić information content (AvgIpc) is 3.11. The first-order valence-electron chi connectivity index (χ1n) is 20.1. The number of carbonyl (C=O) groups is 3. The Morgan fingerprint density at radius 2 is 1.17 bits per heavy atom. The van der Waals surface area contributed by atoms with Gasteiger partial charge < -0.3 is 30.7 Å². The lowest BCUT2D eigenvalue weighted by atomic mass is 9.99. The van der Waals surface area contributed by atoms with Crippen LogP contribution in [0.1, 0.15) is 183 Å². The predicted octanol–water partition coefficient (Wildman–Crippen LogP) is 10.4. The Kier molecular flexibility index (Phi) is 65.2. The molecule has 0 aliphatic carbocycles. The van der Waals surface area contributed by atoms with Gasteiger partial charge in [0.1, 0.15) is 12.6 Å². The van der Waals surface area contributed by atoms with Crippen molar-refractivity contribution in [2.75, 3.05) is 45.3 Å². The molecular weight excluding hydrogens is 619 g/mol. The van der Waals surface area contributed by atoms with Crippen LogP contribution in [0.3, 0.4) is 0 Å². The van der Waals surface area contributed by atoms with Crippen molar-refractivity contribution in [1.29, 1.82) is 0 Å². The molecular formula is C40H87N3O4S. The van der Waals surface area contributed by atoms with Crippen molar-refractivity contribution < 1.29 is 19.1 Å². The van der Waals surface area contributed by atoms with Crippen LogP contribution in [0.15, 0.2) is 0 Å². The molecule has 0 rings (SSSR count). The zero-order chi connectivity index (χ0) is 37.5. The molecule has 0 amide bonds. The van der Waals surface area contributed by atoms with Crippen molar-refractivity contribution in [2.24, 2.45) is 17.4 Å². The van der Waals surface area contributed by atoms with Crippen LogP contribution in [0, 0.1) is 5.92 Å². The Balaban J connectivity index is -0.000000214. The van der Waals surface area contributed by atoms with Gasteiger partial charge in [0.05, 0.1) is 19.1 Å². The molecule has 48 heavy (non-hydrogen) atoms. The van der Waals surface area contributed by atoms with Gasteiger partial charge in [-0.25, -0.2) is 0 Å². The number of carbonyl (C=O) groups excluding carboxylic acids is 3. The summed E-state index contributed by atoms with van der Waals surface area (Å²) in [4.78, 5) is 34.5. The number of hydrogen-bond acceptors (Lipinski definition) is 8. The number of unbranched alkanes of at least 4 members (excludes halogenated alkanes) is 14. The summed E-state index contributed by atoms with van der Waals surface area (Å²) >= 11 is 1.65. The summed E-state index contributed by atoms with van der Waals surface area (Å²) in [6.07, 6.45) is 27.0. The van der Waals surface area contributed by atoms with E-state index in [-0.39, 0.29) is 12.0 Å². The van der Waals surface area contributed by atoms with Crippen LogP contribution < -0.4 is 11.5 Å². The van der Waals surface area contributed by atoms with E-state index < -0.39 is 0 Å². The van der Waals surface area contributed by atoms with Crippen LogP contribution in [0.25, 0.3) is 0 Å². The second-order valence-electron chi connectivity index (χ2n) is 12.2. The third-order valence-corrected chi connectivity index (χ3v) is 8.45. The van der Waals surface area contributed by atoms with Crippen molar-refractivity contribution in [3.63, 3.8) is 0 Å². The van der Waals surface area contributed by atoms with Crippen molar-refractivity contribution in [3.05, 3.63) is 0 Å². The number of nitrogens with zero attached hydrogens (tertiary/aromatic N) is 1. The second-order valence-corrected chi connectivity index (χ2v) is 13.4. The van der Waals surface area contributed by atoms with E-state index in [4.69, 9.17) is 16.2 Å². The topological polar surface area (TPSA) is 116 Å². The Morgan fingerprint density at radius 3 is 1.56 bits per heavy atom. The maximum Gasteiger partial charge on any atom is 0.306 e. The number of ether oxygens (including phenoxy) is 1. The molecule has 2 unspecified atom stereocenters. The first-order chi connectivity index (χ1) is 23.3. The molecule has 0 saturated carbocycles. The second kappa shape index (κ2) is 55.5. The number of rotatable bonds is 30. The van der Waals surface area contributed by atoms with Crippen LogP contribution in [0.2, 0.25) is 0 Å². The molecule has 8 heteroatoms. The third kappa shape index (κ3) is 60.4. The van der Waals surface area contributed by atoms with Gasteiger partial charge in [-0.05, 0) is 65.0 Å². The van der Waals surface area contributed by atoms with E-state index in [1.54, 1.807) is 11.8 Å². The molecule has 0 fully saturated rings. The predicted molar refractivity (Wildman–Crippen MR) is 216 cm³/mol. The number of hydrogen-bond donors (Lipinski definition) is 2. The summed E-state index contributed by atoms with van der Waals surface area (Å²) in [7, 11) is 4.10. The fourth-order valence-electron chi connectivity index (χ4n) is 4.36. The van der Waals surface area contributed by atoms with Gasteiger partial charge in [0.15, 0.2) is 0 Å². The SMILES string of the molecule is CC.CC.CCCCCCCCC(C=O)CC.CCCCCCCCCCCCOC(=O)CCSCCC(N)C=O.CN(C)CCCN. The van der Waals surface area contributed by atoms with Gasteiger partial charge in [0.2, 0.25) is 0 Å². The van der Waals surface area contributed by atoms with E-state index in [1.165, 1.54) is 89.9 Å². The van der Waals surface area contributed by atoms with E-state index in [0.29, 0.717) is 25.4 Å². The molecule has 0 aromatic carbocycles. The molecule has 2 atom stereocenters. The molecule has 0 spiro atoms. The van der Waals surface area contributed by atoms with E-state index in [1.807, 2.05) is 27.7 Å². The first kappa shape index (κ1) is 56.4. The fourth-order valence-corrected chi connectivity index (χ4v) is 5.31. The normalized spacial score (nSPS) is 11.2. The van der Waals surface area contributed by atoms with Crippen LogP contribution in [-0.2, 0) is 19.1 Å². The summed E-state index contributed by atoms with van der Waals surface area (Å²) in [6.45, 7) is 17.0. The van der Waals surface area contributed by atoms with Crippen molar-refractivity contribution in [1.82, 2.24) is 4.90 Å². The minimum atomic E-state index is -0.374. The Hall–Kier alpha value is -0.960. The smallest absolute Gasteiger partial charge is 0.306 e. The zero-order valence-electron chi connectivity index (χ0n) is 33.8. The van der Waals surface area contributed by atoms with Crippen molar-refractivity contribution in [2.45, 2.75) is 189 Å². The van der Waals surface area contributed by atoms with Crippen molar-refractivity contribution >= 4 is 30.3 Å². The number of nitrogens with two attached hydrogens (primary N) is 2. The summed E-state index contributed by atoms with van der Waals surface area (Å²) < 4.78 is 5.23. The molecule has 7 nitrogen and oxygen atoms in total. The Morgan fingerprint density at radius 1 is 0.688 bits per heavy atom. The Labute approximate surface area is 305 Å². The summed E-state index contributed by atoms with van der Waals surface area (Å²) in [5.41, 5.74) is 10.7. The summed E-state index contributed by atoms with van der Waals surface area (Å²) in [6, 6.07) is -0.374. The fraction of sp³-hybridized carbons (Fsp3) is 0.925. The standard InChI is InChI=1S/C19H37NO3S.C12H24O.C5H14N2.2C2H6/c1-2-3-4-5-6-7-8-9-10-11-14-23-19(22)13-16-24-15-12-18(20)17-21;1-3-5-6-7-8-9-10-12(4-2)11-13;1-7(2)5-3-4-6;2*1-2/h17-18H,2-16,20H2,1H3;11-12H,3-10H2,1-2H3;3-6H2,1-2H3;2*1-2H3. The molecule has 0 heterocycles. The van der Waals surface area contributed by atoms with E-state index in [2.05, 4.69) is 39.8 Å². The van der Waals surface area contributed by atoms with E-state index >= 15 is 0 Å². The number of thioether (sulfide) groups is 1. The summed E-state index contributed by atoms with van der Waals surface area (Å²) in [5, 5.41) is 0. The van der Waals surface area contributed by atoms with Crippen LogP contribution in [0.4, 0.5) is 0 Å². The molecule has 4 N–H and O–H groups in total. The van der Waals surface area contributed by atoms with E-state index in [9.17, 15) is 14.4 Å². The lowest BCUT2D eigenvalue weighted by Gasteiger charge is -2.06. The number of esters is 1. The minimum Gasteiger partial charge on any atom is -0.466 e. The van der Waals surface area contributed by atoms with Crippen LogP contribution in [-0.4, -0.2) is 74.8 Å².